The molecule has 0 fully saturated rings. The van der Waals surface area contributed by atoms with Crippen molar-refractivity contribution in [1.82, 2.24) is 0 Å². The molecular formula is C12H14O3S2. The molecule has 1 aromatic heterocycles. The zero-order valence-corrected chi connectivity index (χ0v) is 11.2. The fourth-order valence-electron chi connectivity index (χ4n) is 1.10. The molecule has 92 valence electrons. The molecule has 0 amide bonds. The number of rotatable bonds is 5. The Bertz CT molecular complexity index is 415. The van der Waals surface area contributed by atoms with Crippen LogP contribution in [0.4, 0.5) is 0 Å². The lowest BCUT2D eigenvalue weighted by atomic mass is 10.3. The highest BCUT2D eigenvalue weighted by molar-refractivity contribution is 7.99. The molecule has 0 aliphatic heterocycles. The molecular weight excluding hydrogens is 256 g/mol. The van der Waals surface area contributed by atoms with Gasteiger partial charge in [0.05, 0.1) is 12.4 Å². The van der Waals surface area contributed by atoms with Gasteiger partial charge in [0.25, 0.3) is 0 Å². The summed E-state index contributed by atoms with van der Waals surface area (Å²) in [7, 11) is 0. The number of thioether (sulfide) groups is 1. The normalized spacial score (nSPS) is 9.53. The molecule has 5 heteroatoms. The monoisotopic (exact) mass is 270 g/mol. The van der Waals surface area contributed by atoms with Gasteiger partial charge in [0.15, 0.2) is 0 Å². The van der Waals surface area contributed by atoms with Gasteiger partial charge in [-0.25, -0.2) is 0 Å². The Hall–Kier alpha value is -0.960. The van der Waals surface area contributed by atoms with Gasteiger partial charge in [0.1, 0.15) is 6.61 Å². The first-order chi connectivity index (χ1) is 8.26. The predicted molar refractivity (Wildman–Crippen MR) is 71.1 cm³/mol. The van der Waals surface area contributed by atoms with Crippen molar-refractivity contribution in [2.45, 2.75) is 12.7 Å². The maximum absolute atomic E-state index is 11.1. The SMILES string of the molecule is CCOC(=O)CSCc1cc(C#CCO)cs1. The van der Waals surface area contributed by atoms with E-state index in [4.69, 9.17) is 9.84 Å². The standard InChI is InChI=1S/C12H14O3S2/c1-2-15-12(14)9-16-8-11-6-10(7-17-11)4-3-5-13/h6-7,13H,2,5,8-9H2,1H3. The van der Waals surface area contributed by atoms with E-state index >= 15 is 0 Å². The number of carbonyl (C=O) groups excluding carboxylic acids is 1. The van der Waals surface area contributed by atoms with Crippen molar-refractivity contribution in [3.63, 3.8) is 0 Å². The van der Waals surface area contributed by atoms with Crippen molar-refractivity contribution in [2.75, 3.05) is 19.0 Å². The average molecular weight is 270 g/mol. The molecule has 0 aromatic carbocycles. The zero-order chi connectivity index (χ0) is 12.5. The first-order valence-corrected chi connectivity index (χ1v) is 7.20. The predicted octanol–water partition coefficient (Wildman–Crippen LogP) is 1.89. The lowest BCUT2D eigenvalue weighted by Gasteiger charge is -2.00. The number of aliphatic hydroxyl groups excluding tert-OH is 1. The molecule has 0 atom stereocenters. The van der Waals surface area contributed by atoms with Crippen LogP contribution in [0.5, 0.6) is 0 Å². The van der Waals surface area contributed by atoms with E-state index in [1.54, 1.807) is 18.3 Å². The summed E-state index contributed by atoms with van der Waals surface area (Å²) in [5.74, 6) is 6.43. The number of carbonyl (C=O) groups is 1. The van der Waals surface area contributed by atoms with Gasteiger partial charge in [-0.3, -0.25) is 4.79 Å². The first-order valence-electron chi connectivity index (χ1n) is 5.16. The summed E-state index contributed by atoms with van der Waals surface area (Å²) in [6.07, 6.45) is 0. The minimum atomic E-state index is -0.172. The number of aliphatic hydroxyl groups is 1. The summed E-state index contributed by atoms with van der Waals surface area (Å²) in [6, 6.07) is 1.98. The summed E-state index contributed by atoms with van der Waals surface area (Å²) in [4.78, 5) is 12.3. The molecule has 0 saturated heterocycles. The number of ether oxygens (including phenoxy) is 1. The van der Waals surface area contributed by atoms with E-state index in [9.17, 15) is 4.79 Å². The molecule has 0 radical (unpaired) electrons. The maximum Gasteiger partial charge on any atom is 0.315 e. The van der Waals surface area contributed by atoms with Gasteiger partial charge in [-0.2, -0.15) is 0 Å². The highest BCUT2D eigenvalue weighted by Crippen LogP contribution is 2.20. The third-order valence-corrected chi connectivity index (χ3v) is 3.81. The average Bonchev–Trinajstić information content (AvgIpc) is 2.75. The van der Waals surface area contributed by atoms with Crippen LogP contribution in [0.15, 0.2) is 11.4 Å². The topological polar surface area (TPSA) is 46.5 Å². The van der Waals surface area contributed by atoms with Crippen LogP contribution in [0.1, 0.15) is 17.4 Å². The third kappa shape index (κ3) is 5.78. The summed E-state index contributed by atoms with van der Waals surface area (Å²) in [5, 5.41) is 10.5. The zero-order valence-electron chi connectivity index (χ0n) is 9.56. The molecule has 1 N–H and O–H groups in total. The van der Waals surface area contributed by atoms with Gasteiger partial charge in [-0.15, -0.1) is 23.1 Å². The summed E-state index contributed by atoms with van der Waals surface area (Å²) in [5.41, 5.74) is 0.913. The van der Waals surface area contributed by atoms with Crippen molar-refractivity contribution in [2.24, 2.45) is 0 Å². The van der Waals surface area contributed by atoms with Crippen LogP contribution in [-0.4, -0.2) is 30.0 Å². The molecule has 0 aliphatic rings. The van der Waals surface area contributed by atoms with Crippen molar-refractivity contribution in [3.8, 4) is 11.8 Å². The number of thiophene rings is 1. The molecule has 0 spiro atoms. The molecule has 1 aromatic rings. The largest absolute Gasteiger partial charge is 0.465 e. The number of hydrogen-bond donors (Lipinski definition) is 1. The molecule has 17 heavy (non-hydrogen) atoms. The molecule has 0 unspecified atom stereocenters. The second-order valence-corrected chi connectivity index (χ2v) is 5.04. The molecule has 1 heterocycles. The highest BCUT2D eigenvalue weighted by Gasteiger charge is 2.03. The van der Waals surface area contributed by atoms with E-state index in [0.717, 1.165) is 11.3 Å². The van der Waals surface area contributed by atoms with Crippen molar-refractivity contribution in [1.29, 1.82) is 0 Å². The Morgan fingerprint density at radius 1 is 1.65 bits per heavy atom. The van der Waals surface area contributed by atoms with Crippen molar-refractivity contribution >= 4 is 29.1 Å². The summed E-state index contributed by atoms with van der Waals surface area (Å²) < 4.78 is 4.83. The van der Waals surface area contributed by atoms with E-state index in [1.165, 1.54) is 16.6 Å². The Morgan fingerprint density at radius 2 is 2.47 bits per heavy atom. The van der Waals surface area contributed by atoms with E-state index in [0.29, 0.717) is 12.4 Å². The smallest absolute Gasteiger partial charge is 0.315 e. The van der Waals surface area contributed by atoms with Crippen molar-refractivity contribution in [3.05, 3.63) is 21.9 Å². The quantitative estimate of drug-likeness (QED) is 0.655. The maximum atomic E-state index is 11.1. The fraction of sp³-hybridized carbons (Fsp3) is 0.417. The van der Waals surface area contributed by atoms with Crippen LogP contribution >= 0.6 is 23.1 Å². The van der Waals surface area contributed by atoms with Gasteiger partial charge in [0.2, 0.25) is 0 Å². The highest BCUT2D eigenvalue weighted by atomic mass is 32.2. The van der Waals surface area contributed by atoms with Crippen LogP contribution in [0.3, 0.4) is 0 Å². The van der Waals surface area contributed by atoms with E-state index < -0.39 is 0 Å². The van der Waals surface area contributed by atoms with Gasteiger partial charge in [-0.05, 0) is 13.0 Å². The van der Waals surface area contributed by atoms with Crippen molar-refractivity contribution < 1.29 is 14.6 Å². The summed E-state index contributed by atoms with van der Waals surface area (Å²) >= 11 is 3.14. The second-order valence-electron chi connectivity index (χ2n) is 3.06. The summed E-state index contributed by atoms with van der Waals surface area (Å²) in [6.45, 7) is 2.11. The second kappa shape index (κ2) is 8.18. The Morgan fingerprint density at radius 3 is 3.18 bits per heavy atom. The van der Waals surface area contributed by atoms with E-state index in [-0.39, 0.29) is 12.6 Å². The van der Waals surface area contributed by atoms with Gasteiger partial charge < -0.3 is 9.84 Å². The van der Waals surface area contributed by atoms with Crippen LogP contribution in [0.2, 0.25) is 0 Å². The minimum Gasteiger partial charge on any atom is -0.465 e. The molecule has 0 aliphatic carbocycles. The minimum absolute atomic E-state index is 0.122. The van der Waals surface area contributed by atoms with Crippen LogP contribution < -0.4 is 0 Å². The Balaban J connectivity index is 2.32. The van der Waals surface area contributed by atoms with Gasteiger partial charge in [-0.1, -0.05) is 11.8 Å². The number of esters is 1. The lowest BCUT2D eigenvalue weighted by Crippen LogP contribution is -2.06. The molecule has 0 saturated carbocycles. The Kier molecular flexibility index (Phi) is 6.78. The third-order valence-electron chi connectivity index (χ3n) is 1.74. The number of hydrogen-bond acceptors (Lipinski definition) is 5. The first kappa shape index (κ1) is 14.1. The van der Waals surface area contributed by atoms with Crippen LogP contribution in [0.25, 0.3) is 0 Å². The fourth-order valence-corrected chi connectivity index (χ4v) is 2.86. The molecule has 0 bridgehead atoms. The van der Waals surface area contributed by atoms with Gasteiger partial charge >= 0.3 is 5.97 Å². The van der Waals surface area contributed by atoms with E-state index in [2.05, 4.69) is 11.8 Å². The van der Waals surface area contributed by atoms with Crippen LogP contribution in [-0.2, 0) is 15.3 Å². The lowest BCUT2D eigenvalue weighted by molar-refractivity contribution is -0.139. The Labute approximate surface area is 109 Å². The van der Waals surface area contributed by atoms with Gasteiger partial charge in [0, 0.05) is 21.6 Å². The molecule has 1 rings (SSSR count). The van der Waals surface area contributed by atoms with E-state index in [1.807, 2.05) is 11.4 Å². The molecule has 3 nitrogen and oxygen atoms in total. The van der Waals surface area contributed by atoms with Crippen LogP contribution in [0, 0.1) is 11.8 Å².